The van der Waals surface area contributed by atoms with Crippen LogP contribution in [0.3, 0.4) is 0 Å². The van der Waals surface area contributed by atoms with E-state index in [9.17, 15) is 18.4 Å². The zero-order valence-electron chi connectivity index (χ0n) is 17.5. The van der Waals surface area contributed by atoms with E-state index in [4.69, 9.17) is 5.26 Å². The minimum absolute atomic E-state index is 0.00402. The molecule has 1 aliphatic heterocycles. The highest BCUT2D eigenvalue weighted by atomic mass is 19.1. The van der Waals surface area contributed by atoms with Crippen LogP contribution in [0.4, 0.5) is 8.78 Å². The second-order valence-corrected chi connectivity index (χ2v) is 9.66. The minimum atomic E-state index is -1.11. The number of amides is 2. The average Bonchev–Trinajstić information content (AvgIpc) is 3.53. The van der Waals surface area contributed by atoms with Gasteiger partial charge in [0.15, 0.2) is 0 Å². The molecule has 3 saturated carbocycles. The van der Waals surface area contributed by atoms with E-state index >= 15 is 0 Å². The van der Waals surface area contributed by atoms with Crippen molar-refractivity contribution in [2.24, 2.45) is 23.7 Å². The maximum Gasteiger partial charge on any atom is 0.247 e. The van der Waals surface area contributed by atoms with Crippen LogP contribution in [-0.4, -0.2) is 36.2 Å². The van der Waals surface area contributed by atoms with Crippen molar-refractivity contribution in [2.75, 3.05) is 0 Å². The summed E-state index contributed by atoms with van der Waals surface area (Å²) in [5, 5.41) is 14.9. The van der Waals surface area contributed by atoms with Crippen molar-refractivity contribution in [3.8, 4) is 6.07 Å². The van der Waals surface area contributed by atoms with Gasteiger partial charge in [0.2, 0.25) is 11.8 Å². The van der Waals surface area contributed by atoms with Crippen molar-refractivity contribution >= 4 is 11.8 Å². The molecule has 7 heteroatoms. The summed E-state index contributed by atoms with van der Waals surface area (Å²) >= 11 is 0. The van der Waals surface area contributed by atoms with Crippen LogP contribution in [0.1, 0.15) is 64.7 Å². The lowest BCUT2D eigenvalue weighted by Gasteiger charge is -2.40. The van der Waals surface area contributed by atoms with Gasteiger partial charge in [-0.25, -0.2) is 8.78 Å². The first-order valence-corrected chi connectivity index (χ1v) is 11.4. The molecule has 0 bridgehead atoms. The number of halogens is 2. The molecular formula is C23H31F2N3O2. The number of nitriles is 1. The molecule has 4 aliphatic rings. The maximum absolute atomic E-state index is 14.5. The number of carbonyl (C=O) groups is 2. The molecule has 7 atom stereocenters. The lowest BCUT2D eigenvalue weighted by atomic mass is 9.72. The van der Waals surface area contributed by atoms with E-state index in [0.29, 0.717) is 43.6 Å². The summed E-state index contributed by atoms with van der Waals surface area (Å²) in [5.74, 6) is -0.756. The van der Waals surface area contributed by atoms with Crippen molar-refractivity contribution in [3.05, 3.63) is 11.1 Å². The molecule has 0 radical (unpaired) electrons. The topological polar surface area (TPSA) is 82.0 Å². The first-order chi connectivity index (χ1) is 14.4. The zero-order chi connectivity index (χ0) is 21.4. The smallest absolute Gasteiger partial charge is 0.247 e. The van der Waals surface area contributed by atoms with Gasteiger partial charge in [0.1, 0.15) is 12.3 Å². The fourth-order valence-electron chi connectivity index (χ4n) is 5.76. The number of hydrogen-bond donors (Lipinski definition) is 2. The van der Waals surface area contributed by atoms with Crippen LogP contribution < -0.4 is 10.6 Å². The quantitative estimate of drug-likeness (QED) is 0.716. The zero-order valence-corrected chi connectivity index (χ0v) is 17.5. The van der Waals surface area contributed by atoms with Gasteiger partial charge in [-0.15, -0.1) is 0 Å². The molecule has 1 heterocycles. The second kappa shape index (κ2) is 8.64. The summed E-state index contributed by atoms with van der Waals surface area (Å²) in [6.07, 6.45) is 2.97. The van der Waals surface area contributed by atoms with Crippen molar-refractivity contribution in [2.45, 2.75) is 89.1 Å². The molecular weight excluding hydrogens is 388 g/mol. The van der Waals surface area contributed by atoms with E-state index < -0.39 is 12.3 Å². The lowest BCUT2D eigenvalue weighted by Crippen LogP contribution is -2.51. The molecule has 0 aromatic rings. The Bertz CT molecular complexity index is 773. The van der Waals surface area contributed by atoms with Gasteiger partial charge in [-0.2, -0.15) is 5.26 Å². The van der Waals surface area contributed by atoms with Crippen molar-refractivity contribution in [1.82, 2.24) is 10.6 Å². The molecule has 0 spiro atoms. The van der Waals surface area contributed by atoms with Crippen LogP contribution in [0.15, 0.2) is 11.1 Å². The van der Waals surface area contributed by atoms with Crippen molar-refractivity contribution in [1.29, 1.82) is 5.26 Å². The van der Waals surface area contributed by atoms with E-state index in [1.807, 2.05) is 0 Å². The van der Waals surface area contributed by atoms with Crippen LogP contribution in [0.25, 0.3) is 0 Å². The Morgan fingerprint density at radius 3 is 2.63 bits per heavy atom. The molecule has 0 aromatic heterocycles. The third-order valence-corrected chi connectivity index (χ3v) is 7.52. The molecule has 4 rings (SSSR count). The Labute approximate surface area is 176 Å². The lowest BCUT2D eigenvalue weighted by molar-refractivity contribution is -0.125. The van der Waals surface area contributed by atoms with Crippen LogP contribution >= 0.6 is 0 Å². The first-order valence-electron chi connectivity index (χ1n) is 11.4. The Hall–Kier alpha value is -1.97. The second-order valence-electron chi connectivity index (χ2n) is 9.66. The molecule has 5 nitrogen and oxygen atoms in total. The number of alkyl halides is 2. The fourth-order valence-corrected chi connectivity index (χ4v) is 5.76. The highest BCUT2D eigenvalue weighted by Gasteiger charge is 2.45. The molecule has 6 unspecified atom stereocenters. The molecule has 164 valence electrons. The van der Waals surface area contributed by atoms with Crippen LogP contribution in [0.5, 0.6) is 0 Å². The van der Waals surface area contributed by atoms with Gasteiger partial charge in [-0.3, -0.25) is 9.59 Å². The maximum atomic E-state index is 14.5. The molecule has 0 aromatic carbocycles. The molecule has 30 heavy (non-hydrogen) atoms. The summed E-state index contributed by atoms with van der Waals surface area (Å²) in [6, 6.07) is 1.76. The largest absolute Gasteiger partial charge is 0.353 e. The van der Waals surface area contributed by atoms with E-state index in [0.717, 1.165) is 18.4 Å². The summed E-state index contributed by atoms with van der Waals surface area (Å²) in [5.41, 5.74) is 1.51. The predicted octanol–water partition coefficient (Wildman–Crippen LogP) is 3.50. The van der Waals surface area contributed by atoms with Crippen LogP contribution in [0.2, 0.25) is 0 Å². The molecule has 3 fully saturated rings. The molecule has 2 amide bonds. The number of fused-ring (bicyclic) bond motifs is 1. The SMILES string of the molecule is C[C@H](NC(=O)CC1=C(C2CC2)C2CC(F)CCC2NC1=O)C1CCC(C#N)CC1F. The third-order valence-electron chi connectivity index (χ3n) is 7.52. The van der Waals surface area contributed by atoms with Crippen molar-refractivity contribution < 1.29 is 18.4 Å². The van der Waals surface area contributed by atoms with Gasteiger partial charge in [0.25, 0.3) is 0 Å². The van der Waals surface area contributed by atoms with Crippen LogP contribution in [-0.2, 0) is 9.59 Å². The minimum Gasteiger partial charge on any atom is -0.353 e. The fraction of sp³-hybridized carbons (Fsp3) is 0.783. The summed E-state index contributed by atoms with van der Waals surface area (Å²) in [7, 11) is 0. The molecule has 2 N–H and O–H groups in total. The van der Waals surface area contributed by atoms with E-state index in [-0.39, 0.29) is 54.5 Å². The Morgan fingerprint density at radius 2 is 1.97 bits per heavy atom. The Kier molecular flexibility index (Phi) is 6.13. The Balaban J connectivity index is 1.44. The van der Waals surface area contributed by atoms with Gasteiger partial charge >= 0.3 is 0 Å². The number of rotatable bonds is 5. The summed E-state index contributed by atoms with van der Waals surface area (Å²) in [6.45, 7) is 1.80. The average molecular weight is 420 g/mol. The number of carbonyl (C=O) groups excluding carboxylic acids is 2. The van der Waals surface area contributed by atoms with Gasteiger partial charge in [-0.1, -0.05) is 5.57 Å². The molecule has 0 saturated heterocycles. The van der Waals surface area contributed by atoms with Crippen molar-refractivity contribution in [3.63, 3.8) is 0 Å². The van der Waals surface area contributed by atoms with Gasteiger partial charge < -0.3 is 10.6 Å². The number of nitrogens with zero attached hydrogens (tertiary/aromatic N) is 1. The summed E-state index contributed by atoms with van der Waals surface area (Å²) < 4.78 is 28.6. The van der Waals surface area contributed by atoms with Gasteiger partial charge in [0.05, 0.1) is 12.5 Å². The standard InChI is InChI=1S/C23H31F2N3O2/c1-12(16-6-2-13(11-26)8-19(16)25)27-21(29)10-18-22(14-3-4-14)17-9-15(24)5-7-20(17)28-23(18)30/h12-17,19-20H,2-10H2,1H3,(H,27,29)(H,28,30)/t12-,13?,15?,16?,17?,19?,20?/m0/s1. The van der Waals surface area contributed by atoms with Gasteiger partial charge in [0, 0.05) is 35.4 Å². The molecule has 3 aliphatic carbocycles. The van der Waals surface area contributed by atoms with Crippen LogP contribution in [0, 0.1) is 35.0 Å². The highest BCUT2D eigenvalue weighted by Crippen LogP contribution is 2.48. The number of nitrogens with one attached hydrogen (secondary N) is 2. The number of hydrogen-bond acceptors (Lipinski definition) is 3. The third kappa shape index (κ3) is 4.38. The monoisotopic (exact) mass is 419 g/mol. The van der Waals surface area contributed by atoms with E-state index in [1.165, 1.54) is 0 Å². The predicted molar refractivity (Wildman–Crippen MR) is 107 cm³/mol. The highest BCUT2D eigenvalue weighted by molar-refractivity contribution is 6.00. The summed E-state index contributed by atoms with van der Waals surface area (Å²) in [4.78, 5) is 25.6. The van der Waals surface area contributed by atoms with E-state index in [1.54, 1.807) is 6.92 Å². The normalized spacial score (nSPS) is 37.6. The Morgan fingerprint density at radius 1 is 1.20 bits per heavy atom. The van der Waals surface area contributed by atoms with E-state index in [2.05, 4.69) is 16.7 Å². The first kappa shape index (κ1) is 21.3. The van der Waals surface area contributed by atoms with Gasteiger partial charge in [-0.05, 0) is 64.2 Å².